The summed E-state index contributed by atoms with van der Waals surface area (Å²) in [5.41, 5.74) is -0.174. The van der Waals surface area contributed by atoms with Crippen LogP contribution in [0.1, 0.15) is 32.1 Å². The first-order valence-corrected chi connectivity index (χ1v) is 7.25. The molecule has 0 radical (unpaired) electrons. The molecule has 0 bridgehead atoms. The number of thiocyanates is 1. The first-order chi connectivity index (χ1) is 9.65. The normalized spacial score (nSPS) is 15.6. The molecule has 1 fully saturated rings. The van der Waals surface area contributed by atoms with Crippen LogP contribution in [0, 0.1) is 20.8 Å². The van der Waals surface area contributed by atoms with Crippen LogP contribution in [0.2, 0.25) is 0 Å². The lowest BCUT2D eigenvalue weighted by Gasteiger charge is -2.31. The highest BCUT2D eigenvalue weighted by atomic mass is 32.2. The zero-order valence-corrected chi connectivity index (χ0v) is 12.0. The van der Waals surface area contributed by atoms with Gasteiger partial charge in [0, 0.05) is 24.9 Å². The quantitative estimate of drug-likeness (QED) is 0.277. The Morgan fingerprint density at radius 3 is 2.75 bits per heavy atom. The average Bonchev–Trinajstić information content (AvgIpc) is 2.47. The summed E-state index contributed by atoms with van der Waals surface area (Å²) in [5.74, 6) is 0.301. The van der Waals surface area contributed by atoms with Gasteiger partial charge in [-0.15, -0.1) is 0 Å². The molecule has 7 nitrogen and oxygen atoms in total. The van der Waals surface area contributed by atoms with Crippen molar-refractivity contribution in [3.63, 3.8) is 0 Å². The van der Waals surface area contributed by atoms with Crippen LogP contribution >= 0.6 is 11.8 Å². The number of rotatable bonds is 4. The summed E-state index contributed by atoms with van der Waals surface area (Å²) < 4.78 is 0. The minimum Gasteiger partial charge on any atom is -0.351 e. The molecule has 0 unspecified atom stereocenters. The van der Waals surface area contributed by atoms with Crippen molar-refractivity contribution in [2.45, 2.75) is 43.2 Å². The summed E-state index contributed by atoms with van der Waals surface area (Å²) in [6, 6.07) is 0.261. The Kier molecular flexibility index (Phi) is 4.74. The van der Waals surface area contributed by atoms with E-state index in [1.165, 1.54) is 12.7 Å². The first kappa shape index (κ1) is 14.5. The van der Waals surface area contributed by atoms with E-state index in [0.717, 1.165) is 25.7 Å². The maximum Gasteiger partial charge on any atom is 0.344 e. The van der Waals surface area contributed by atoms with Crippen molar-refractivity contribution >= 4 is 23.3 Å². The Balaban J connectivity index is 2.37. The van der Waals surface area contributed by atoms with E-state index in [0.29, 0.717) is 17.6 Å². The van der Waals surface area contributed by atoms with Gasteiger partial charge in [0.2, 0.25) is 5.82 Å². The molecule has 0 aliphatic heterocycles. The van der Waals surface area contributed by atoms with Crippen LogP contribution in [0.15, 0.2) is 11.4 Å². The number of anilines is 1. The second kappa shape index (κ2) is 6.52. The fraction of sp³-hybridized carbons (Fsp3) is 0.583. The van der Waals surface area contributed by atoms with Crippen molar-refractivity contribution in [3.05, 3.63) is 16.4 Å². The third kappa shape index (κ3) is 2.99. The number of nitriles is 1. The van der Waals surface area contributed by atoms with Crippen LogP contribution < -0.4 is 4.90 Å². The number of hydrogen-bond donors (Lipinski definition) is 0. The second-order valence-corrected chi connectivity index (χ2v) is 5.48. The van der Waals surface area contributed by atoms with Gasteiger partial charge in [-0.3, -0.25) is 10.1 Å². The summed E-state index contributed by atoms with van der Waals surface area (Å²) in [5, 5.41) is 21.9. The highest BCUT2D eigenvalue weighted by Crippen LogP contribution is 2.36. The second-order valence-electron chi connectivity index (χ2n) is 4.70. The molecule has 8 heteroatoms. The highest BCUT2D eigenvalue weighted by Gasteiger charge is 2.29. The summed E-state index contributed by atoms with van der Waals surface area (Å²) in [6.45, 7) is 0. The third-order valence-electron chi connectivity index (χ3n) is 3.55. The molecule has 106 valence electrons. The zero-order valence-electron chi connectivity index (χ0n) is 11.2. The fourth-order valence-electron chi connectivity index (χ4n) is 2.53. The van der Waals surface area contributed by atoms with Gasteiger partial charge in [-0.2, -0.15) is 5.26 Å². The van der Waals surface area contributed by atoms with Crippen LogP contribution in [-0.2, 0) is 0 Å². The Morgan fingerprint density at radius 1 is 1.45 bits per heavy atom. The molecule has 1 aromatic heterocycles. The van der Waals surface area contributed by atoms with E-state index in [-0.39, 0.29) is 16.8 Å². The first-order valence-electron chi connectivity index (χ1n) is 6.43. The molecule has 0 spiro atoms. The average molecular weight is 293 g/mol. The van der Waals surface area contributed by atoms with Gasteiger partial charge in [-0.1, -0.05) is 19.3 Å². The lowest BCUT2D eigenvalue weighted by atomic mass is 9.94. The molecule has 0 amide bonds. The largest absolute Gasteiger partial charge is 0.351 e. The molecule has 1 heterocycles. The van der Waals surface area contributed by atoms with Crippen LogP contribution in [0.4, 0.5) is 11.5 Å². The van der Waals surface area contributed by atoms with Gasteiger partial charge < -0.3 is 4.90 Å². The molecule has 0 N–H and O–H groups in total. The number of aromatic nitrogens is 2. The standard InChI is InChI=1S/C12H15N5O2S/c1-16(9-5-3-2-4-6-9)11-10(17(18)19)12(20-7-13)15-8-14-11/h8-9H,2-6H2,1H3. The van der Waals surface area contributed by atoms with Crippen LogP contribution in [0.3, 0.4) is 0 Å². The monoisotopic (exact) mass is 293 g/mol. The van der Waals surface area contributed by atoms with Gasteiger partial charge in [0.05, 0.1) is 4.92 Å². The molecule has 1 aromatic rings. The minimum absolute atomic E-state index is 0.102. The van der Waals surface area contributed by atoms with E-state index < -0.39 is 4.92 Å². The predicted octanol–water partition coefficient (Wildman–Crippen LogP) is 2.73. The van der Waals surface area contributed by atoms with Crippen molar-refractivity contribution in [2.24, 2.45) is 0 Å². The van der Waals surface area contributed by atoms with Crippen LogP contribution in [-0.4, -0.2) is 28.0 Å². The summed E-state index contributed by atoms with van der Waals surface area (Å²) >= 11 is 0.695. The van der Waals surface area contributed by atoms with Gasteiger partial charge in [0.15, 0.2) is 5.03 Å². The lowest BCUT2D eigenvalue weighted by Crippen LogP contribution is -2.34. The van der Waals surface area contributed by atoms with E-state index >= 15 is 0 Å². The maximum absolute atomic E-state index is 11.3. The van der Waals surface area contributed by atoms with E-state index in [2.05, 4.69) is 9.97 Å². The van der Waals surface area contributed by atoms with Crippen molar-refractivity contribution in [1.82, 2.24) is 9.97 Å². The summed E-state index contributed by atoms with van der Waals surface area (Å²) in [7, 11) is 1.83. The number of thioether (sulfide) groups is 1. The Bertz CT molecular complexity index is 539. The van der Waals surface area contributed by atoms with Gasteiger partial charge in [0.25, 0.3) is 0 Å². The van der Waals surface area contributed by atoms with Crippen LogP contribution in [0.5, 0.6) is 0 Å². The maximum atomic E-state index is 11.3. The Hall–Kier alpha value is -1.88. The number of nitrogens with zero attached hydrogens (tertiary/aromatic N) is 5. The topological polar surface area (TPSA) is 96.0 Å². The van der Waals surface area contributed by atoms with Crippen molar-refractivity contribution in [1.29, 1.82) is 5.26 Å². The zero-order chi connectivity index (χ0) is 14.5. The van der Waals surface area contributed by atoms with E-state index in [1.54, 1.807) is 0 Å². The molecular formula is C12H15N5O2S. The Labute approximate surface area is 121 Å². The highest BCUT2D eigenvalue weighted by molar-refractivity contribution is 8.03. The lowest BCUT2D eigenvalue weighted by molar-refractivity contribution is -0.387. The Morgan fingerprint density at radius 2 is 2.15 bits per heavy atom. The summed E-state index contributed by atoms with van der Waals surface area (Å²) in [6.07, 6.45) is 6.78. The van der Waals surface area contributed by atoms with Crippen LogP contribution in [0.25, 0.3) is 0 Å². The molecule has 1 aliphatic rings. The van der Waals surface area contributed by atoms with Gasteiger partial charge >= 0.3 is 5.69 Å². The fourth-order valence-corrected chi connectivity index (χ4v) is 2.98. The molecule has 1 aliphatic carbocycles. The van der Waals surface area contributed by atoms with E-state index in [1.807, 2.05) is 17.3 Å². The van der Waals surface area contributed by atoms with Crippen molar-refractivity contribution in [2.75, 3.05) is 11.9 Å². The third-order valence-corrected chi connectivity index (χ3v) is 4.13. The number of hydrogen-bond acceptors (Lipinski definition) is 7. The molecule has 0 atom stereocenters. The smallest absolute Gasteiger partial charge is 0.344 e. The van der Waals surface area contributed by atoms with Crippen molar-refractivity contribution < 1.29 is 4.92 Å². The predicted molar refractivity (Wildman–Crippen MR) is 75.4 cm³/mol. The molecule has 0 saturated heterocycles. The van der Waals surface area contributed by atoms with Gasteiger partial charge in [-0.25, -0.2) is 9.97 Å². The van der Waals surface area contributed by atoms with E-state index in [4.69, 9.17) is 5.26 Å². The molecule has 2 rings (SSSR count). The molecule has 1 saturated carbocycles. The van der Waals surface area contributed by atoms with E-state index in [9.17, 15) is 10.1 Å². The molecular weight excluding hydrogens is 278 g/mol. The van der Waals surface area contributed by atoms with Gasteiger partial charge in [0.1, 0.15) is 11.7 Å². The SMILES string of the molecule is CN(c1ncnc(SC#N)c1[N+](=O)[O-])C1CCCCC1. The number of nitro groups is 1. The molecule has 20 heavy (non-hydrogen) atoms. The summed E-state index contributed by atoms with van der Waals surface area (Å²) in [4.78, 5) is 20.5. The minimum atomic E-state index is -0.506. The van der Waals surface area contributed by atoms with Gasteiger partial charge in [-0.05, 0) is 12.8 Å². The van der Waals surface area contributed by atoms with Crippen molar-refractivity contribution in [3.8, 4) is 5.40 Å². The molecule has 0 aromatic carbocycles.